The maximum Gasteiger partial charge on any atom is 0.232 e. The largest absolute Gasteiger partial charge is 0.443 e. The van der Waals surface area contributed by atoms with Gasteiger partial charge >= 0.3 is 0 Å². The van der Waals surface area contributed by atoms with Crippen molar-refractivity contribution in [2.45, 2.75) is 47.0 Å². The molecule has 4 nitrogen and oxygen atoms in total. The quantitative estimate of drug-likeness (QED) is 0.349. The van der Waals surface area contributed by atoms with Crippen LogP contribution in [0.5, 0.6) is 0 Å². The number of para-hydroxylation sites is 1. The minimum atomic E-state index is 0.0990. The lowest BCUT2D eigenvalue weighted by atomic mass is 9.84. The zero-order valence-corrected chi connectivity index (χ0v) is 16.8. The van der Waals surface area contributed by atoms with Gasteiger partial charge in [-0.2, -0.15) is 0 Å². The van der Waals surface area contributed by atoms with Crippen LogP contribution in [0.4, 0.5) is 28.6 Å². The minimum absolute atomic E-state index is 0.0990. The van der Waals surface area contributed by atoms with Gasteiger partial charge in [-0.15, -0.1) is 10.2 Å². The molecule has 27 heavy (non-hydrogen) atoms. The number of furan rings is 1. The molecule has 2 aromatic carbocycles. The molecule has 0 bridgehead atoms. The molecule has 4 heteroatoms. The van der Waals surface area contributed by atoms with Gasteiger partial charge in [0.1, 0.15) is 17.1 Å². The average molecular weight is 359 g/mol. The standard InChI is InChI=1S/C23H25N3O/c1-14-11-17(23(4,5)6)12-15(2)21(14)26-20-10-8-7-9-18(20)24-25-19-13-16(3)27-22(19)26/h7-13H,1-6H3. The van der Waals surface area contributed by atoms with Gasteiger partial charge < -0.3 is 4.42 Å². The molecule has 0 saturated heterocycles. The van der Waals surface area contributed by atoms with E-state index in [-0.39, 0.29) is 5.41 Å². The zero-order chi connectivity index (χ0) is 19.3. The lowest BCUT2D eigenvalue weighted by molar-refractivity contribution is 0.541. The predicted octanol–water partition coefficient (Wildman–Crippen LogP) is 7.70. The number of rotatable bonds is 1. The summed E-state index contributed by atoms with van der Waals surface area (Å²) in [5.41, 5.74) is 7.52. The van der Waals surface area contributed by atoms with Crippen molar-refractivity contribution in [2.75, 3.05) is 4.90 Å². The summed E-state index contributed by atoms with van der Waals surface area (Å²) in [5, 5.41) is 8.89. The second-order valence-corrected chi connectivity index (χ2v) is 8.28. The monoisotopic (exact) mass is 359 g/mol. The number of hydrogen-bond acceptors (Lipinski definition) is 4. The van der Waals surface area contributed by atoms with Crippen molar-refractivity contribution < 1.29 is 4.42 Å². The van der Waals surface area contributed by atoms with Crippen LogP contribution in [0.2, 0.25) is 0 Å². The SMILES string of the molecule is Cc1cc2c(o1)N(c1c(C)cc(C(C)(C)C)cc1C)c1ccccc1N=N2. The van der Waals surface area contributed by atoms with Crippen molar-refractivity contribution >= 4 is 28.6 Å². The number of nitrogens with zero attached hydrogens (tertiary/aromatic N) is 3. The molecule has 0 aliphatic carbocycles. The summed E-state index contributed by atoms with van der Waals surface area (Å²) in [6.07, 6.45) is 0. The molecule has 0 spiro atoms. The van der Waals surface area contributed by atoms with Gasteiger partial charge in [0.25, 0.3) is 0 Å². The molecule has 1 aliphatic heterocycles. The summed E-state index contributed by atoms with van der Waals surface area (Å²) < 4.78 is 6.09. The third-order valence-corrected chi connectivity index (χ3v) is 4.99. The van der Waals surface area contributed by atoms with E-state index in [0.29, 0.717) is 0 Å². The van der Waals surface area contributed by atoms with Crippen molar-refractivity contribution in [2.24, 2.45) is 10.2 Å². The van der Waals surface area contributed by atoms with Crippen molar-refractivity contribution in [3.8, 4) is 0 Å². The predicted molar refractivity (Wildman–Crippen MR) is 110 cm³/mol. The Morgan fingerprint density at radius 3 is 2.15 bits per heavy atom. The molecule has 2 heterocycles. The number of aryl methyl sites for hydroxylation is 3. The smallest absolute Gasteiger partial charge is 0.232 e. The summed E-state index contributed by atoms with van der Waals surface area (Å²) in [6, 6.07) is 14.6. The molecule has 138 valence electrons. The van der Waals surface area contributed by atoms with E-state index in [9.17, 15) is 0 Å². The van der Waals surface area contributed by atoms with Crippen LogP contribution in [0.3, 0.4) is 0 Å². The molecule has 0 amide bonds. The third-order valence-electron chi connectivity index (χ3n) is 4.99. The van der Waals surface area contributed by atoms with E-state index >= 15 is 0 Å². The van der Waals surface area contributed by atoms with Crippen LogP contribution < -0.4 is 4.90 Å². The van der Waals surface area contributed by atoms with Gasteiger partial charge in [-0.1, -0.05) is 45.0 Å². The summed E-state index contributed by atoms with van der Waals surface area (Å²) in [7, 11) is 0. The molecule has 0 atom stereocenters. The molecule has 0 unspecified atom stereocenters. The third kappa shape index (κ3) is 2.95. The Labute approximate surface area is 160 Å². The van der Waals surface area contributed by atoms with E-state index in [1.165, 1.54) is 16.7 Å². The van der Waals surface area contributed by atoms with E-state index in [2.05, 4.69) is 67.9 Å². The lowest BCUT2D eigenvalue weighted by Crippen LogP contribution is -2.16. The Balaban J connectivity index is 2.00. The fourth-order valence-electron chi connectivity index (χ4n) is 3.64. The number of hydrogen-bond donors (Lipinski definition) is 0. The average Bonchev–Trinajstić information content (AvgIpc) is 2.89. The van der Waals surface area contributed by atoms with Crippen molar-refractivity contribution in [3.05, 3.63) is 64.9 Å². The second-order valence-electron chi connectivity index (χ2n) is 8.28. The van der Waals surface area contributed by atoms with Gasteiger partial charge in [0, 0.05) is 6.07 Å². The molecule has 1 aromatic heterocycles. The molecule has 1 aliphatic rings. The van der Waals surface area contributed by atoms with Crippen LogP contribution >= 0.6 is 0 Å². The van der Waals surface area contributed by atoms with E-state index in [1.54, 1.807) is 0 Å². The van der Waals surface area contributed by atoms with E-state index in [1.807, 2.05) is 31.2 Å². The molecule has 3 aromatic rings. The summed E-state index contributed by atoms with van der Waals surface area (Å²) in [4.78, 5) is 2.16. The molecule has 0 N–H and O–H groups in total. The van der Waals surface area contributed by atoms with Crippen LogP contribution in [-0.4, -0.2) is 0 Å². The summed E-state index contributed by atoms with van der Waals surface area (Å²) in [5.74, 6) is 1.54. The number of azo groups is 1. The number of fused-ring (bicyclic) bond motifs is 2. The first-order valence-corrected chi connectivity index (χ1v) is 9.29. The maximum absolute atomic E-state index is 6.09. The van der Waals surface area contributed by atoms with Crippen molar-refractivity contribution in [1.82, 2.24) is 0 Å². The summed E-state index contributed by atoms with van der Waals surface area (Å²) >= 11 is 0. The molecule has 4 rings (SSSR count). The van der Waals surface area contributed by atoms with Gasteiger partial charge in [-0.3, -0.25) is 4.90 Å². The Morgan fingerprint density at radius 2 is 1.48 bits per heavy atom. The normalized spacial score (nSPS) is 13.3. The summed E-state index contributed by atoms with van der Waals surface area (Å²) in [6.45, 7) is 13.0. The lowest BCUT2D eigenvalue weighted by Gasteiger charge is -2.29. The number of anilines is 3. The van der Waals surface area contributed by atoms with Crippen LogP contribution in [0.1, 0.15) is 43.2 Å². The van der Waals surface area contributed by atoms with Crippen LogP contribution in [0.15, 0.2) is 57.1 Å². The fourth-order valence-corrected chi connectivity index (χ4v) is 3.64. The van der Waals surface area contributed by atoms with Crippen LogP contribution in [0.25, 0.3) is 0 Å². The Bertz CT molecular complexity index is 1030. The Hall–Kier alpha value is -2.88. The molecule has 0 fully saturated rings. The highest BCUT2D eigenvalue weighted by molar-refractivity contribution is 5.88. The molecule has 0 saturated carbocycles. The van der Waals surface area contributed by atoms with Gasteiger partial charge in [-0.05, 0) is 55.0 Å². The van der Waals surface area contributed by atoms with E-state index in [0.717, 1.165) is 34.4 Å². The fraction of sp³-hybridized carbons (Fsp3) is 0.304. The van der Waals surface area contributed by atoms with Crippen molar-refractivity contribution in [1.29, 1.82) is 0 Å². The van der Waals surface area contributed by atoms with Gasteiger partial charge in [0.05, 0.1) is 11.4 Å². The highest BCUT2D eigenvalue weighted by atomic mass is 16.4. The van der Waals surface area contributed by atoms with Crippen molar-refractivity contribution in [3.63, 3.8) is 0 Å². The minimum Gasteiger partial charge on any atom is -0.443 e. The highest BCUT2D eigenvalue weighted by Crippen LogP contribution is 2.50. The second kappa shape index (κ2) is 6.08. The highest BCUT2D eigenvalue weighted by Gasteiger charge is 2.28. The molecular formula is C23H25N3O. The van der Waals surface area contributed by atoms with Crippen LogP contribution in [0, 0.1) is 20.8 Å². The molecule has 0 radical (unpaired) electrons. The topological polar surface area (TPSA) is 41.1 Å². The first kappa shape index (κ1) is 17.5. The van der Waals surface area contributed by atoms with Gasteiger partial charge in [0.15, 0.2) is 0 Å². The molecular weight excluding hydrogens is 334 g/mol. The Kier molecular flexibility index (Phi) is 3.95. The van der Waals surface area contributed by atoms with E-state index < -0.39 is 0 Å². The van der Waals surface area contributed by atoms with Crippen LogP contribution in [-0.2, 0) is 5.41 Å². The first-order valence-electron chi connectivity index (χ1n) is 9.29. The van der Waals surface area contributed by atoms with Gasteiger partial charge in [0.2, 0.25) is 5.88 Å². The zero-order valence-electron chi connectivity index (χ0n) is 16.8. The maximum atomic E-state index is 6.09. The number of benzene rings is 2. The van der Waals surface area contributed by atoms with E-state index in [4.69, 9.17) is 4.42 Å². The Morgan fingerprint density at radius 1 is 0.852 bits per heavy atom. The first-order chi connectivity index (χ1) is 12.8. The van der Waals surface area contributed by atoms with Gasteiger partial charge in [-0.25, -0.2) is 0 Å².